The molecule has 0 amide bonds. The molecule has 1 aromatic heterocycles. The normalized spacial score (nSPS) is 12.6. The number of rotatable bonds is 6. The van der Waals surface area contributed by atoms with E-state index in [1.807, 2.05) is 11.7 Å². The molecular formula is C14H16BrClFN3O. The van der Waals surface area contributed by atoms with Gasteiger partial charge < -0.3 is 10.1 Å². The fourth-order valence-corrected chi connectivity index (χ4v) is 2.88. The van der Waals surface area contributed by atoms with Gasteiger partial charge in [-0.15, -0.1) is 0 Å². The first-order valence-corrected chi connectivity index (χ1v) is 7.58. The molecule has 4 nitrogen and oxygen atoms in total. The van der Waals surface area contributed by atoms with Crippen LogP contribution in [0.2, 0.25) is 5.02 Å². The topological polar surface area (TPSA) is 39.1 Å². The van der Waals surface area contributed by atoms with Crippen LogP contribution in [0.25, 0.3) is 0 Å². The molecule has 7 heteroatoms. The molecule has 1 unspecified atom stereocenters. The van der Waals surface area contributed by atoms with Crippen molar-refractivity contribution in [3.05, 3.63) is 51.0 Å². The average molecular weight is 377 g/mol. The molecule has 0 aliphatic rings. The lowest BCUT2D eigenvalue weighted by molar-refractivity contribution is 0.182. The number of halogens is 3. The Kier molecular flexibility index (Phi) is 5.75. The Bertz CT molecular complexity index is 620. The van der Waals surface area contributed by atoms with Crippen LogP contribution in [0.15, 0.2) is 28.9 Å². The molecule has 2 rings (SSSR count). The molecule has 0 saturated heterocycles. The summed E-state index contributed by atoms with van der Waals surface area (Å²) in [6.07, 6.45) is 1.74. The van der Waals surface area contributed by atoms with Gasteiger partial charge in [-0.05, 0) is 40.7 Å². The molecule has 1 heterocycles. The molecule has 1 N–H and O–H groups in total. The van der Waals surface area contributed by atoms with E-state index < -0.39 is 5.82 Å². The van der Waals surface area contributed by atoms with E-state index in [0.29, 0.717) is 13.2 Å². The van der Waals surface area contributed by atoms with Crippen molar-refractivity contribution in [1.82, 2.24) is 15.1 Å². The first-order chi connectivity index (χ1) is 10.1. The molecule has 0 aliphatic carbocycles. The first-order valence-electron chi connectivity index (χ1n) is 6.40. The van der Waals surface area contributed by atoms with Gasteiger partial charge in [-0.2, -0.15) is 5.10 Å². The second-order valence-electron chi connectivity index (χ2n) is 4.49. The predicted octanol–water partition coefficient (Wildman–Crippen LogP) is 3.39. The third-order valence-electron chi connectivity index (χ3n) is 3.18. The lowest BCUT2D eigenvalue weighted by Gasteiger charge is -2.19. The highest BCUT2D eigenvalue weighted by molar-refractivity contribution is 9.10. The molecule has 2 aromatic rings. The number of methoxy groups -OCH3 is 1. The van der Waals surface area contributed by atoms with E-state index in [0.717, 1.165) is 15.7 Å². The SMILES string of the molecule is CNC(c1ccc(F)c(Cl)c1)c1c(Br)cnn1CCOC. The summed E-state index contributed by atoms with van der Waals surface area (Å²) < 4.78 is 21.2. The standard InChI is InChI=1S/C14H16BrClFN3O/c1-18-13(9-3-4-12(17)11(16)7-9)14-10(15)8-19-20(14)5-6-21-2/h3-4,7-8,13,18H,5-6H2,1-2H3. The number of nitrogens with zero attached hydrogens (tertiary/aromatic N) is 2. The number of aromatic nitrogens is 2. The van der Waals surface area contributed by atoms with E-state index in [1.54, 1.807) is 25.4 Å². The Morgan fingerprint density at radius 1 is 1.52 bits per heavy atom. The minimum atomic E-state index is -0.428. The van der Waals surface area contributed by atoms with Gasteiger partial charge in [0.05, 0.1) is 40.6 Å². The van der Waals surface area contributed by atoms with Crippen LogP contribution in [-0.4, -0.2) is 30.5 Å². The molecule has 0 bridgehead atoms. The minimum Gasteiger partial charge on any atom is -0.383 e. The van der Waals surface area contributed by atoms with E-state index in [9.17, 15) is 4.39 Å². The highest BCUT2D eigenvalue weighted by Crippen LogP contribution is 2.30. The Labute approximate surface area is 136 Å². The Hall–Kier alpha value is -0.950. The molecule has 0 spiro atoms. The number of hydrogen-bond acceptors (Lipinski definition) is 3. The van der Waals surface area contributed by atoms with E-state index in [2.05, 4.69) is 26.3 Å². The van der Waals surface area contributed by atoms with Crippen LogP contribution < -0.4 is 5.32 Å². The van der Waals surface area contributed by atoms with E-state index in [4.69, 9.17) is 16.3 Å². The number of nitrogens with one attached hydrogen (secondary N) is 1. The van der Waals surface area contributed by atoms with Crippen LogP contribution in [-0.2, 0) is 11.3 Å². The van der Waals surface area contributed by atoms with Crippen molar-refractivity contribution >= 4 is 27.5 Å². The molecule has 0 saturated carbocycles. The molecule has 0 fully saturated rings. The van der Waals surface area contributed by atoms with Crippen LogP contribution in [0.5, 0.6) is 0 Å². The summed E-state index contributed by atoms with van der Waals surface area (Å²) in [5, 5.41) is 7.65. The molecule has 1 aromatic carbocycles. The second-order valence-corrected chi connectivity index (χ2v) is 5.75. The van der Waals surface area contributed by atoms with Crippen molar-refractivity contribution in [2.75, 3.05) is 20.8 Å². The molecule has 0 radical (unpaired) electrons. The van der Waals surface area contributed by atoms with E-state index in [-0.39, 0.29) is 11.1 Å². The van der Waals surface area contributed by atoms with Gasteiger partial charge in [0.1, 0.15) is 5.82 Å². The Balaban J connectivity index is 2.40. The molecule has 21 heavy (non-hydrogen) atoms. The maximum Gasteiger partial charge on any atom is 0.141 e. The highest BCUT2D eigenvalue weighted by Gasteiger charge is 2.21. The molecule has 114 valence electrons. The van der Waals surface area contributed by atoms with Gasteiger partial charge in [-0.3, -0.25) is 4.68 Å². The first kappa shape index (κ1) is 16.4. The zero-order valence-electron chi connectivity index (χ0n) is 11.7. The van der Waals surface area contributed by atoms with Gasteiger partial charge in [0.25, 0.3) is 0 Å². The van der Waals surface area contributed by atoms with Gasteiger partial charge in [0.15, 0.2) is 0 Å². The number of benzene rings is 1. The fraction of sp³-hybridized carbons (Fsp3) is 0.357. The van der Waals surface area contributed by atoms with Gasteiger partial charge in [-0.1, -0.05) is 17.7 Å². The lowest BCUT2D eigenvalue weighted by Crippen LogP contribution is -2.23. The van der Waals surface area contributed by atoms with Crippen molar-refractivity contribution in [2.24, 2.45) is 0 Å². The quantitative estimate of drug-likeness (QED) is 0.840. The van der Waals surface area contributed by atoms with Crippen LogP contribution in [0, 0.1) is 5.82 Å². The van der Waals surface area contributed by atoms with Gasteiger partial charge >= 0.3 is 0 Å². The van der Waals surface area contributed by atoms with Gasteiger partial charge in [0, 0.05) is 7.11 Å². The summed E-state index contributed by atoms with van der Waals surface area (Å²) in [6, 6.07) is 4.55. The van der Waals surface area contributed by atoms with Gasteiger partial charge in [-0.25, -0.2) is 4.39 Å². The van der Waals surface area contributed by atoms with Crippen molar-refractivity contribution in [1.29, 1.82) is 0 Å². The summed E-state index contributed by atoms with van der Waals surface area (Å²) in [5.74, 6) is -0.428. The largest absolute Gasteiger partial charge is 0.383 e. The third-order valence-corrected chi connectivity index (χ3v) is 4.08. The lowest BCUT2D eigenvalue weighted by atomic mass is 10.0. The Morgan fingerprint density at radius 3 is 2.90 bits per heavy atom. The summed E-state index contributed by atoms with van der Waals surface area (Å²) in [7, 11) is 3.48. The highest BCUT2D eigenvalue weighted by atomic mass is 79.9. The number of ether oxygens (including phenoxy) is 1. The van der Waals surface area contributed by atoms with Crippen LogP contribution >= 0.6 is 27.5 Å². The Morgan fingerprint density at radius 2 is 2.29 bits per heavy atom. The average Bonchev–Trinajstić information content (AvgIpc) is 2.83. The van der Waals surface area contributed by atoms with Crippen LogP contribution in [0.4, 0.5) is 4.39 Å². The van der Waals surface area contributed by atoms with Crippen molar-refractivity contribution in [3.8, 4) is 0 Å². The van der Waals surface area contributed by atoms with Crippen molar-refractivity contribution < 1.29 is 9.13 Å². The maximum absolute atomic E-state index is 13.3. The van der Waals surface area contributed by atoms with Crippen molar-refractivity contribution in [2.45, 2.75) is 12.6 Å². The summed E-state index contributed by atoms with van der Waals surface area (Å²) in [6.45, 7) is 1.19. The van der Waals surface area contributed by atoms with E-state index >= 15 is 0 Å². The zero-order valence-corrected chi connectivity index (χ0v) is 14.1. The maximum atomic E-state index is 13.3. The monoisotopic (exact) mass is 375 g/mol. The van der Waals surface area contributed by atoms with Crippen LogP contribution in [0.1, 0.15) is 17.3 Å². The second kappa shape index (κ2) is 7.35. The summed E-state index contributed by atoms with van der Waals surface area (Å²) >= 11 is 9.39. The van der Waals surface area contributed by atoms with E-state index in [1.165, 1.54) is 6.07 Å². The van der Waals surface area contributed by atoms with Crippen molar-refractivity contribution in [3.63, 3.8) is 0 Å². The summed E-state index contributed by atoms with van der Waals surface area (Å²) in [5.41, 5.74) is 1.81. The summed E-state index contributed by atoms with van der Waals surface area (Å²) in [4.78, 5) is 0. The van der Waals surface area contributed by atoms with Gasteiger partial charge in [0.2, 0.25) is 0 Å². The third kappa shape index (κ3) is 3.63. The molecule has 1 atom stereocenters. The molecule has 0 aliphatic heterocycles. The smallest absolute Gasteiger partial charge is 0.141 e. The number of hydrogen-bond donors (Lipinski definition) is 1. The predicted molar refractivity (Wildman–Crippen MR) is 84.1 cm³/mol. The minimum absolute atomic E-state index is 0.104. The molecular weight excluding hydrogens is 361 g/mol. The zero-order chi connectivity index (χ0) is 15.4. The van der Waals surface area contributed by atoms with Crippen LogP contribution in [0.3, 0.4) is 0 Å². The fourth-order valence-electron chi connectivity index (χ4n) is 2.17.